The lowest BCUT2D eigenvalue weighted by Gasteiger charge is -2.36. The number of pyridine rings is 1. The van der Waals surface area contributed by atoms with E-state index in [4.69, 9.17) is 9.47 Å². The van der Waals surface area contributed by atoms with Gasteiger partial charge in [-0.1, -0.05) is 6.92 Å². The zero-order valence-electron chi connectivity index (χ0n) is 26.0. The molecule has 1 aromatic heterocycles. The first-order chi connectivity index (χ1) is 20.1. The molecule has 0 bridgehead atoms. The van der Waals surface area contributed by atoms with Crippen LogP contribution < -0.4 is 15.4 Å². The predicted molar refractivity (Wildman–Crippen MR) is 165 cm³/mol. The number of hydrogen-bond acceptors (Lipinski definition) is 7. The smallest absolute Gasteiger partial charge is 0.319 e. The third kappa shape index (κ3) is 10.3. The lowest BCUT2D eigenvalue weighted by Crippen LogP contribution is -2.47. The van der Waals surface area contributed by atoms with Crippen molar-refractivity contribution in [2.24, 2.45) is 5.92 Å². The van der Waals surface area contributed by atoms with Crippen LogP contribution in [-0.2, 0) is 11.3 Å². The summed E-state index contributed by atoms with van der Waals surface area (Å²) in [6.07, 6.45) is 6.00. The van der Waals surface area contributed by atoms with E-state index >= 15 is 0 Å². The lowest BCUT2D eigenvalue weighted by molar-refractivity contribution is -0.0177. The molecule has 0 spiro atoms. The van der Waals surface area contributed by atoms with E-state index in [0.29, 0.717) is 36.7 Å². The van der Waals surface area contributed by atoms with Gasteiger partial charge >= 0.3 is 6.03 Å². The Bertz CT molecular complexity index is 1130. The molecule has 0 fully saturated rings. The molecule has 3 amide bonds. The number of fused-ring (bicyclic) bond motifs is 1. The first kappa shape index (κ1) is 33.3. The van der Waals surface area contributed by atoms with E-state index in [1.54, 1.807) is 35.5 Å². The van der Waals surface area contributed by atoms with Gasteiger partial charge in [0, 0.05) is 56.3 Å². The zero-order chi connectivity index (χ0) is 30.6. The molecule has 2 aromatic rings. The minimum Gasteiger partial charge on any atom is -0.490 e. The van der Waals surface area contributed by atoms with Crippen LogP contribution in [0.2, 0.25) is 0 Å². The van der Waals surface area contributed by atoms with Gasteiger partial charge in [-0.05, 0) is 89.9 Å². The highest BCUT2D eigenvalue weighted by Gasteiger charge is 2.30. The molecule has 0 radical (unpaired) electrons. The van der Waals surface area contributed by atoms with Gasteiger partial charge in [0.05, 0.1) is 30.4 Å². The molecular weight excluding hydrogens is 534 g/mol. The van der Waals surface area contributed by atoms with Gasteiger partial charge in [0.1, 0.15) is 5.75 Å². The second-order valence-electron chi connectivity index (χ2n) is 11.8. The summed E-state index contributed by atoms with van der Waals surface area (Å²) in [5.74, 6) is 0.179. The molecule has 1 aromatic carbocycles. The number of hydrogen-bond donors (Lipinski definition) is 3. The van der Waals surface area contributed by atoms with Crippen molar-refractivity contribution in [3.8, 4) is 5.75 Å². The Morgan fingerprint density at radius 3 is 2.60 bits per heavy atom. The van der Waals surface area contributed by atoms with Gasteiger partial charge in [0.2, 0.25) is 0 Å². The number of aromatic nitrogens is 1. The van der Waals surface area contributed by atoms with Crippen molar-refractivity contribution in [3.63, 3.8) is 0 Å². The van der Waals surface area contributed by atoms with E-state index in [9.17, 15) is 14.7 Å². The number of amides is 3. The summed E-state index contributed by atoms with van der Waals surface area (Å²) in [5, 5.41) is 15.8. The normalized spacial score (nSPS) is 21.3. The Kier molecular flexibility index (Phi) is 13.0. The number of urea groups is 1. The Balaban J connectivity index is 1.90. The van der Waals surface area contributed by atoms with Crippen molar-refractivity contribution in [1.82, 2.24) is 20.1 Å². The zero-order valence-corrected chi connectivity index (χ0v) is 26.0. The Morgan fingerprint density at radius 1 is 1.17 bits per heavy atom. The number of benzene rings is 1. The van der Waals surface area contributed by atoms with Gasteiger partial charge in [-0.2, -0.15) is 0 Å². The summed E-state index contributed by atoms with van der Waals surface area (Å²) >= 11 is 0. The number of likely N-dealkylation sites (N-methyl/N-ethyl adjacent to an activating group) is 1. The predicted octanol–water partition coefficient (Wildman–Crippen LogP) is 4.54. The largest absolute Gasteiger partial charge is 0.490 e. The molecule has 0 aliphatic carbocycles. The topological polar surface area (TPSA) is 116 Å². The molecule has 0 saturated heterocycles. The number of carbonyl (C=O) groups is 2. The Morgan fingerprint density at radius 2 is 1.90 bits per heavy atom. The van der Waals surface area contributed by atoms with Gasteiger partial charge in [0.25, 0.3) is 5.91 Å². The van der Waals surface area contributed by atoms with Gasteiger partial charge < -0.3 is 30.1 Å². The molecule has 2 heterocycles. The quantitative estimate of drug-likeness (QED) is 0.418. The molecule has 232 valence electrons. The molecule has 3 rings (SSSR count). The fourth-order valence-corrected chi connectivity index (χ4v) is 5.06. The first-order valence-corrected chi connectivity index (χ1v) is 15.1. The van der Waals surface area contributed by atoms with Crippen LogP contribution in [0.5, 0.6) is 5.75 Å². The molecule has 1 aliphatic heterocycles. The number of nitrogens with zero attached hydrogens (tertiary/aromatic N) is 3. The van der Waals surface area contributed by atoms with E-state index in [0.717, 1.165) is 25.8 Å². The summed E-state index contributed by atoms with van der Waals surface area (Å²) in [4.78, 5) is 34.6. The summed E-state index contributed by atoms with van der Waals surface area (Å²) in [6.45, 7) is 11.9. The SMILES string of the molecule is CC(C)NC(=O)Nc1ccc2c(c1)C(=O)N([C@H](C)CO)C[C@H](C)[C@H](CN(C)Cc1ccncc1)OCCCC[C@H](C)O2. The molecule has 42 heavy (non-hydrogen) atoms. The molecule has 0 saturated carbocycles. The summed E-state index contributed by atoms with van der Waals surface area (Å²) in [5.41, 5.74) is 2.01. The minimum absolute atomic E-state index is 0.0211. The third-order valence-corrected chi connectivity index (χ3v) is 7.42. The number of aliphatic hydroxyl groups is 1. The Hall–Kier alpha value is -3.21. The average Bonchev–Trinajstić information content (AvgIpc) is 2.94. The highest BCUT2D eigenvalue weighted by atomic mass is 16.5. The maximum atomic E-state index is 14.2. The monoisotopic (exact) mass is 583 g/mol. The molecule has 0 unspecified atom stereocenters. The second-order valence-corrected chi connectivity index (χ2v) is 11.8. The fourth-order valence-electron chi connectivity index (χ4n) is 5.06. The van der Waals surface area contributed by atoms with Crippen LogP contribution in [0, 0.1) is 5.92 Å². The number of nitrogens with one attached hydrogen (secondary N) is 2. The van der Waals surface area contributed by atoms with Crippen LogP contribution in [0.3, 0.4) is 0 Å². The first-order valence-electron chi connectivity index (χ1n) is 15.1. The van der Waals surface area contributed by atoms with Crippen molar-refractivity contribution in [2.75, 3.05) is 38.7 Å². The Labute approximate surface area is 250 Å². The number of carbonyl (C=O) groups excluding carboxylic acids is 2. The van der Waals surface area contributed by atoms with E-state index in [2.05, 4.69) is 34.5 Å². The van der Waals surface area contributed by atoms with Crippen LogP contribution >= 0.6 is 0 Å². The number of aliphatic hydroxyl groups excluding tert-OH is 1. The fraction of sp³-hybridized carbons (Fsp3) is 0.594. The van der Waals surface area contributed by atoms with Gasteiger partial charge in [-0.15, -0.1) is 0 Å². The highest BCUT2D eigenvalue weighted by molar-refractivity contribution is 5.99. The molecule has 10 heteroatoms. The van der Waals surface area contributed by atoms with E-state index in [1.807, 2.05) is 39.8 Å². The van der Waals surface area contributed by atoms with Gasteiger partial charge in [0.15, 0.2) is 0 Å². The van der Waals surface area contributed by atoms with Crippen LogP contribution in [0.4, 0.5) is 10.5 Å². The third-order valence-electron chi connectivity index (χ3n) is 7.42. The number of anilines is 1. The maximum Gasteiger partial charge on any atom is 0.319 e. The van der Waals surface area contributed by atoms with Crippen molar-refractivity contribution >= 4 is 17.6 Å². The van der Waals surface area contributed by atoms with Crippen LogP contribution in [0.1, 0.15) is 69.8 Å². The van der Waals surface area contributed by atoms with Crippen molar-refractivity contribution in [3.05, 3.63) is 53.9 Å². The van der Waals surface area contributed by atoms with E-state index in [-0.39, 0.29) is 42.7 Å². The summed E-state index contributed by atoms with van der Waals surface area (Å²) in [7, 11) is 2.07. The number of ether oxygens (including phenoxy) is 2. The van der Waals surface area contributed by atoms with Crippen LogP contribution in [0.15, 0.2) is 42.7 Å². The van der Waals surface area contributed by atoms with E-state index in [1.165, 1.54) is 5.56 Å². The van der Waals surface area contributed by atoms with Crippen LogP contribution in [-0.4, -0.2) is 89.5 Å². The van der Waals surface area contributed by atoms with Crippen molar-refractivity contribution in [2.45, 2.75) is 84.7 Å². The molecule has 4 atom stereocenters. The standard InChI is InChI=1S/C32H49N5O5/c1-22(2)34-32(40)35-27-10-11-29-28(17-27)31(39)37(24(4)21-38)18-23(3)30(41-16-8-7-9-25(5)42-29)20-36(6)19-26-12-14-33-15-13-26/h10-15,17,22-25,30,38H,7-9,16,18-21H2,1-6H3,(H2,34,35,40)/t23-,24+,25-,30-/m0/s1. The van der Waals surface area contributed by atoms with Crippen LogP contribution in [0.25, 0.3) is 0 Å². The van der Waals surface area contributed by atoms with Gasteiger partial charge in [-0.3, -0.25) is 14.7 Å². The number of rotatable bonds is 8. The lowest BCUT2D eigenvalue weighted by atomic mass is 10.0. The minimum atomic E-state index is -0.436. The van der Waals surface area contributed by atoms with Crippen molar-refractivity contribution < 1.29 is 24.2 Å². The molecule has 10 nitrogen and oxygen atoms in total. The second kappa shape index (κ2) is 16.4. The average molecular weight is 584 g/mol. The van der Waals surface area contributed by atoms with E-state index < -0.39 is 6.04 Å². The molecule has 1 aliphatic rings. The van der Waals surface area contributed by atoms with Crippen molar-refractivity contribution in [1.29, 1.82) is 0 Å². The summed E-state index contributed by atoms with van der Waals surface area (Å²) in [6, 6.07) is 8.34. The molecular formula is C32H49N5O5. The maximum absolute atomic E-state index is 14.2. The molecule has 3 N–H and O–H groups in total. The highest BCUT2D eigenvalue weighted by Crippen LogP contribution is 2.28. The summed E-state index contributed by atoms with van der Waals surface area (Å²) < 4.78 is 12.7. The van der Waals surface area contributed by atoms with Gasteiger partial charge in [-0.25, -0.2) is 4.79 Å².